The first-order valence-corrected chi connectivity index (χ1v) is 15.1. The Kier molecular flexibility index (Phi) is 7.83. The summed E-state index contributed by atoms with van der Waals surface area (Å²) in [6, 6.07) is 0. The van der Waals surface area contributed by atoms with Crippen molar-refractivity contribution in [2.75, 3.05) is 20.3 Å². The molecule has 0 amide bonds. The SMILES string of the molecule is COC[C@]12CC[C@@](C)(O)C[C@@H]1CC[C@H]1[C@@H]3CC[C@H](C(=O)CNN/C4=C(/N)C/C=C\CCC4)[C@@]3(C)CC[C@@H]12. The van der Waals surface area contributed by atoms with Crippen LogP contribution in [0, 0.1) is 40.4 Å². The first-order valence-electron chi connectivity index (χ1n) is 15.1. The van der Waals surface area contributed by atoms with Crippen LogP contribution in [0.15, 0.2) is 23.5 Å². The number of ketones is 1. The maximum Gasteiger partial charge on any atom is 0.152 e. The summed E-state index contributed by atoms with van der Waals surface area (Å²) in [5, 5.41) is 10.9. The van der Waals surface area contributed by atoms with E-state index >= 15 is 0 Å². The zero-order valence-corrected chi connectivity index (χ0v) is 23.5. The second-order valence-electron chi connectivity index (χ2n) is 13.7. The summed E-state index contributed by atoms with van der Waals surface area (Å²) in [6.07, 6.45) is 18.0. The molecule has 8 atom stereocenters. The molecule has 5 aliphatic rings. The second kappa shape index (κ2) is 10.7. The summed E-state index contributed by atoms with van der Waals surface area (Å²) in [4.78, 5) is 13.6. The van der Waals surface area contributed by atoms with Crippen LogP contribution in [-0.2, 0) is 9.53 Å². The summed E-state index contributed by atoms with van der Waals surface area (Å²) >= 11 is 0. The fourth-order valence-electron chi connectivity index (χ4n) is 9.82. The molecule has 4 saturated carbocycles. The Bertz CT molecular complexity index is 913. The third-order valence-corrected chi connectivity index (χ3v) is 11.6. The van der Waals surface area contributed by atoms with Crippen LogP contribution in [0.1, 0.15) is 97.3 Å². The van der Waals surface area contributed by atoms with E-state index in [1.807, 2.05) is 14.0 Å². The van der Waals surface area contributed by atoms with E-state index in [0.29, 0.717) is 36.0 Å². The lowest BCUT2D eigenvalue weighted by Gasteiger charge is -2.62. The summed E-state index contributed by atoms with van der Waals surface area (Å²) < 4.78 is 5.90. The van der Waals surface area contributed by atoms with Gasteiger partial charge in [0.2, 0.25) is 0 Å². The van der Waals surface area contributed by atoms with Gasteiger partial charge in [0, 0.05) is 30.8 Å². The molecule has 5 N–H and O–H groups in total. The Labute approximate surface area is 224 Å². The Morgan fingerprint density at radius 2 is 1.95 bits per heavy atom. The number of carbonyl (C=O) groups is 1. The maximum absolute atomic E-state index is 13.6. The zero-order valence-electron chi connectivity index (χ0n) is 23.5. The van der Waals surface area contributed by atoms with Crippen LogP contribution in [0.5, 0.6) is 0 Å². The number of hydrogen-bond acceptors (Lipinski definition) is 6. The molecule has 0 unspecified atom stereocenters. The molecule has 6 nitrogen and oxygen atoms in total. The molecule has 37 heavy (non-hydrogen) atoms. The number of allylic oxidation sites excluding steroid dienone is 3. The van der Waals surface area contributed by atoms with Crippen molar-refractivity contribution in [2.24, 2.45) is 46.2 Å². The molecule has 0 aliphatic heterocycles. The third-order valence-electron chi connectivity index (χ3n) is 11.6. The van der Waals surface area contributed by atoms with E-state index in [-0.39, 0.29) is 16.7 Å². The molecule has 0 bridgehead atoms. The number of nitrogens with two attached hydrogens (primary N) is 1. The number of ether oxygens (including phenoxy) is 1. The van der Waals surface area contributed by atoms with Crippen LogP contribution in [0.4, 0.5) is 0 Å². The molecule has 5 rings (SSSR count). The molecular formula is C31H51N3O3. The van der Waals surface area contributed by atoms with Crippen LogP contribution in [0.3, 0.4) is 0 Å². The Balaban J connectivity index is 1.25. The number of hydrazine groups is 1. The van der Waals surface area contributed by atoms with Crippen molar-refractivity contribution >= 4 is 5.78 Å². The van der Waals surface area contributed by atoms with Gasteiger partial charge >= 0.3 is 0 Å². The number of hydrogen-bond donors (Lipinski definition) is 4. The highest BCUT2D eigenvalue weighted by atomic mass is 16.5. The summed E-state index contributed by atoms with van der Waals surface area (Å²) in [5.74, 6) is 3.03. The van der Waals surface area contributed by atoms with E-state index < -0.39 is 5.60 Å². The van der Waals surface area contributed by atoms with E-state index in [1.54, 1.807) is 0 Å². The van der Waals surface area contributed by atoms with Crippen LogP contribution < -0.4 is 16.6 Å². The first-order chi connectivity index (χ1) is 17.7. The van der Waals surface area contributed by atoms with Crippen molar-refractivity contribution in [3.05, 3.63) is 23.5 Å². The molecule has 0 heterocycles. The van der Waals surface area contributed by atoms with Crippen LogP contribution in [-0.4, -0.2) is 36.8 Å². The lowest BCUT2D eigenvalue weighted by atomic mass is 9.43. The topological polar surface area (TPSA) is 96.6 Å². The highest BCUT2D eigenvalue weighted by Gasteiger charge is 2.63. The number of nitrogens with one attached hydrogen (secondary N) is 2. The molecule has 0 spiro atoms. The molecule has 0 aromatic carbocycles. The fraction of sp³-hybridized carbons (Fsp3) is 0.839. The summed E-state index contributed by atoms with van der Waals surface area (Å²) in [6.45, 7) is 5.64. The zero-order chi connectivity index (χ0) is 26.3. The lowest BCUT2D eigenvalue weighted by molar-refractivity contribution is -0.175. The van der Waals surface area contributed by atoms with Gasteiger partial charge in [0.05, 0.1) is 18.8 Å². The van der Waals surface area contributed by atoms with Gasteiger partial charge in [0.1, 0.15) is 0 Å². The predicted molar refractivity (Wildman–Crippen MR) is 147 cm³/mol. The minimum absolute atomic E-state index is 0.102. The van der Waals surface area contributed by atoms with Crippen molar-refractivity contribution in [1.29, 1.82) is 0 Å². The average Bonchev–Trinajstić information content (AvgIpc) is 3.21. The molecule has 0 aromatic rings. The van der Waals surface area contributed by atoms with Gasteiger partial charge in [0.25, 0.3) is 0 Å². The quantitative estimate of drug-likeness (QED) is 0.283. The smallest absolute Gasteiger partial charge is 0.152 e. The number of fused-ring (bicyclic) bond motifs is 5. The molecule has 0 saturated heterocycles. The lowest BCUT2D eigenvalue weighted by Crippen LogP contribution is -2.58. The van der Waals surface area contributed by atoms with Gasteiger partial charge in [-0.05, 0) is 118 Å². The largest absolute Gasteiger partial charge is 0.400 e. The van der Waals surface area contributed by atoms with Gasteiger partial charge in [-0.2, -0.15) is 0 Å². The number of carbonyl (C=O) groups excluding carboxylic acids is 1. The van der Waals surface area contributed by atoms with Gasteiger partial charge in [-0.25, -0.2) is 5.43 Å². The van der Waals surface area contributed by atoms with Crippen LogP contribution >= 0.6 is 0 Å². The van der Waals surface area contributed by atoms with E-state index in [1.165, 1.54) is 25.7 Å². The molecule has 5 aliphatic carbocycles. The van der Waals surface area contributed by atoms with Gasteiger partial charge in [-0.15, -0.1) is 0 Å². The fourth-order valence-corrected chi connectivity index (χ4v) is 9.82. The maximum atomic E-state index is 13.6. The Hall–Kier alpha value is -1.37. The monoisotopic (exact) mass is 513 g/mol. The van der Waals surface area contributed by atoms with Crippen molar-refractivity contribution in [1.82, 2.24) is 10.9 Å². The standard InChI is InChI=1S/C31H51N3O3/c1-29(36)16-17-31(20-37-3)21(18-29)10-11-22-23-12-13-25(30(23,2)15-14-24(22)31)28(35)19-33-34-27-9-7-5-4-6-8-26(27)32/h4,6,21-25,33-34,36H,5,7-20,32H2,1-3H3/b6-4-,27-26+/t21-,22-,23-,24-,25+,29+,30-,31+/m0/s1. The number of aliphatic hydroxyl groups is 1. The van der Waals surface area contributed by atoms with E-state index in [2.05, 4.69) is 29.9 Å². The van der Waals surface area contributed by atoms with E-state index in [9.17, 15) is 9.90 Å². The summed E-state index contributed by atoms with van der Waals surface area (Å²) in [7, 11) is 1.86. The highest BCUT2D eigenvalue weighted by Crippen LogP contribution is 2.68. The van der Waals surface area contributed by atoms with E-state index in [4.69, 9.17) is 10.5 Å². The molecule has 0 aromatic heterocycles. The minimum Gasteiger partial charge on any atom is -0.400 e. The molecule has 208 valence electrons. The number of Topliss-reactive ketones (excluding diaryl/α,β-unsaturated/α-hetero) is 1. The highest BCUT2D eigenvalue weighted by molar-refractivity contribution is 5.84. The van der Waals surface area contributed by atoms with Gasteiger partial charge in [-0.3, -0.25) is 4.79 Å². The van der Waals surface area contributed by atoms with Crippen LogP contribution in [0.25, 0.3) is 0 Å². The Morgan fingerprint density at radius 1 is 1.11 bits per heavy atom. The van der Waals surface area contributed by atoms with E-state index in [0.717, 1.165) is 75.8 Å². The number of rotatable bonds is 7. The van der Waals surface area contributed by atoms with Crippen molar-refractivity contribution in [3.8, 4) is 0 Å². The van der Waals surface area contributed by atoms with Gasteiger partial charge in [-0.1, -0.05) is 19.1 Å². The minimum atomic E-state index is -0.531. The van der Waals surface area contributed by atoms with Crippen molar-refractivity contribution in [2.45, 2.75) is 103 Å². The first kappa shape index (κ1) is 27.2. The predicted octanol–water partition coefficient (Wildman–Crippen LogP) is 4.99. The second-order valence-corrected chi connectivity index (χ2v) is 13.7. The third kappa shape index (κ3) is 5.03. The molecular weight excluding hydrogens is 462 g/mol. The normalized spacial score (nSPS) is 46.6. The average molecular weight is 514 g/mol. The number of methoxy groups -OCH3 is 1. The van der Waals surface area contributed by atoms with Crippen molar-refractivity contribution < 1.29 is 14.6 Å². The Morgan fingerprint density at radius 3 is 2.76 bits per heavy atom. The van der Waals surface area contributed by atoms with Gasteiger partial charge < -0.3 is 21.0 Å². The molecule has 6 heteroatoms. The van der Waals surface area contributed by atoms with Crippen molar-refractivity contribution in [3.63, 3.8) is 0 Å². The van der Waals surface area contributed by atoms with Crippen LogP contribution in [0.2, 0.25) is 0 Å². The molecule has 4 fully saturated rings. The molecule has 0 radical (unpaired) electrons. The van der Waals surface area contributed by atoms with Gasteiger partial charge in [0.15, 0.2) is 5.78 Å². The summed E-state index contributed by atoms with van der Waals surface area (Å²) in [5.41, 5.74) is 14.5.